The smallest absolute Gasteiger partial charge is 0.335 e. The quantitative estimate of drug-likeness (QED) is 0.280. The van der Waals surface area contributed by atoms with Gasteiger partial charge in [0.2, 0.25) is 6.41 Å². The topological polar surface area (TPSA) is 144 Å². The molecule has 0 saturated heterocycles. The van der Waals surface area contributed by atoms with Crippen molar-refractivity contribution in [3.63, 3.8) is 0 Å². The molecule has 0 fully saturated rings. The van der Waals surface area contributed by atoms with E-state index in [2.05, 4.69) is 0 Å². The molecule has 0 unspecified atom stereocenters. The zero-order valence-electron chi connectivity index (χ0n) is 7.48. The molecule has 0 aliphatic rings. The second-order valence-corrected chi connectivity index (χ2v) is 2.71. The minimum Gasteiger partial charge on any atom is -0.479 e. The summed E-state index contributed by atoms with van der Waals surface area (Å²) in [5.74, 6) is -1.75. The summed E-state index contributed by atoms with van der Waals surface area (Å²) in [6, 6.07) is -1.48. The molecule has 0 saturated carbocycles. The maximum atomic E-state index is 10.3. The molecule has 0 aromatic carbocycles. The summed E-state index contributed by atoms with van der Waals surface area (Å²) in [6.07, 6.45) is -6.02. The normalized spacial score (nSPS) is 18.3. The van der Waals surface area contributed by atoms with Gasteiger partial charge in [-0.1, -0.05) is 0 Å². The average Bonchev–Trinajstić information content (AvgIpc) is 2.22. The number of aliphatic carboxylic acids is 1. The summed E-state index contributed by atoms with van der Waals surface area (Å²) in [4.78, 5) is 30.5. The number of aldehydes is 1. The number of carbonyl (C=O) groups excluding carboxylic acids is 2. The van der Waals surface area contributed by atoms with Crippen LogP contribution in [0.3, 0.4) is 0 Å². The van der Waals surface area contributed by atoms with E-state index < -0.39 is 30.3 Å². The Morgan fingerprint density at radius 2 is 1.67 bits per heavy atom. The van der Waals surface area contributed by atoms with Crippen LogP contribution in [0, 0.1) is 0 Å². The fourth-order valence-electron chi connectivity index (χ4n) is 0.842. The summed E-state index contributed by atoms with van der Waals surface area (Å²) in [6.45, 7) is 0. The Bertz CT molecular complexity index is 243. The lowest BCUT2D eigenvalue weighted by atomic mass is 10.0. The van der Waals surface area contributed by atoms with Gasteiger partial charge in [-0.2, -0.15) is 0 Å². The second-order valence-electron chi connectivity index (χ2n) is 2.71. The predicted octanol–water partition coefficient (Wildman–Crippen LogP) is -3.53. The van der Waals surface area contributed by atoms with Gasteiger partial charge in [-0.05, 0) is 0 Å². The summed E-state index contributed by atoms with van der Waals surface area (Å²) in [5.41, 5.74) is 0. The number of aliphatic hydroxyl groups is 3. The molecule has 1 amide bonds. The van der Waals surface area contributed by atoms with Gasteiger partial charge < -0.3 is 30.5 Å². The highest BCUT2D eigenvalue weighted by atomic mass is 16.4. The minimum atomic E-state index is -2.24. The van der Waals surface area contributed by atoms with Gasteiger partial charge in [0.05, 0.1) is 0 Å². The lowest BCUT2D eigenvalue weighted by Gasteiger charge is -2.23. The van der Waals surface area contributed by atoms with Crippen molar-refractivity contribution in [3.05, 3.63) is 0 Å². The summed E-state index contributed by atoms with van der Waals surface area (Å²) >= 11 is 0. The molecule has 0 aromatic heterocycles. The number of hydrogen-bond acceptors (Lipinski definition) is 6. The molecule has 15 heavy (non-hydrogen) atoms. The summed E-state index contributed by atoms with van der Waals surface area (Å²) in [5, 5.41) is 37.3. The third-order valence-corrected chi connectivity index (χ3v) is 1.70. The van der Waals surface area contributed by atoms with Crippen LogP contribution in [0.5, 0.6) is 0 Å². The number of carbonyl (C=O) groups is 3. The van der Waals surface area contributed by atoms with Crippen LogP contribution in [0.4, 0.5) is 0 Å². The van der Waals surface area contributed by atoms with E-state index in [-0.39, 0.29) is 12.7 Å². The Morgan fingerprint density at radius 3 is 2.00 bits per heavy atom. The van der Waals surface area contributed by atoms with E-state index in [0.717, 1.165) is 0 Å². The summed E-state index contributed by atoms with van der Waals surface area (Å²) < 4.78 is 0. The maximum Gasteiger partial charge on any atom is 0.335 e. The van der Waals surface area contributed by atoms with E-state index in [9.17, 15) is 19.5 Å². The van der Waals surface area contributed by atoms with Gasteiger partial charge in [0.25, 0.3) is 0 Å². The van der Waals surface area contributed by atoms with Crippen LogP contribution in [-0.4, -0.2) is 63.4 Å². The van der Waals surface area contributed by atoms with Gasteiger partial charge >= 0.3 is 5.97 Å². The standard InChI is InChI=1S/C7H11NO7/c9-1-3(8-2-10)4(11)5(12)6(13)7(14)15/h1-6,11-13H,(H,8,10)(H,14,15)/t3-,4+,5+,6-/m0/s1. The number of nitrogens with one attached hydrogen (secondary N) is 1. The number of carboxylic acids is 1. The molecule has 0 heterocycles. The summed E-state index contributed by atoms with van der Waals surface area (Å²) in [7, 11) is 0. The SMILES string of the molecule is O=CN[C@@H](C=O)[C@@H](O)[C@@H](O)[C@H](O)C(=O)O. The van der Waals surface area contributed by atoms with Crippen LogP contribution in [-0.2, 0) is 14.4 Å². The third kappa shape index (κ3) is 3.62. The van der Waals surface area contributed by atoms with Crippen LogP contribution in [0.25, 0.3) is 0 Å². The Balaban J connectivity index is 4.51. The van der Waals surface area contributed by atoms with E-state index in [1.165, 1.54) is 0 Å². The zero-order chi connectivity index (χ0) is 12.0. The highest BCUT2D eigenvalue weighted by Gasteiger charge is 2.34. The van der Waals surface area contributed by atoms with Crippen molar-refractivity contribution in [1.29, 1.82) is 0 Å². The Morgan fingerprint density at radius 1 is 1.13 bits per heavy atom. The van der Waals surface area contributed by atoms with Crippen molar-refractivity contribution >= 4 is 18.7 Å². The number of aliphatic hydroxyl groups excluding tert-OH is 3. The molecule has 8 heteroatoms. The first-order valence-electron chi connectivity index (χ1n) is 3.87. The fourth-order valence-corrected chi connectivity index (χ4v) is 0.842. The molecule has 4 atom stereocenters. The van der Waals surface area contributed by atoms with Crippen LogP contribution < -0.4 is 5.32 Å². The highest BCUT2D eigenvalue weighted by Crippen LogP contribution is 2.04. The van der Waals surface area contributed by atoms with Crippen LogP contribution >= 0.6 is 0 Å². The first-order chi connectivity index (χ1) is 6.95. The molecule has 0 rings (SSSR count). The van der Waals surface area contributed by atoms with E-state index in [0.29, 0.717) is 0 Å². The monoisotopic (exact) mass is 221 g/mol. The minimum absolute atomic E-state index is 0.0994. The Hall–Kier alpha value is -1.51. The third-order valence-electron chi connectivity index (χ3n) is 1.70. The highest BCUT2D eigenvalue weighted by molar-refractivity contribution is 5.73. The molecule has 0 spiro atoms. The van der Waals surface area contributed by atoms with E-state index in [1.54, 1.807) is 0 Å². The van der Waals surface area contributed by atoms with Gasteiger partial charge in [0.1, 0.15) is 24.5 Å². The van der Waals surface area contributed by atoms with Crippen molar-refractivity contribution in [3.8, 4) is 0 Å². The van der Waals surface area contributed by atoms with Gasteiger partial charge in [0.15, 0.2) is 6.10 Å². The molecule has 0 aliphatic heterocycles. The molecule has 8 nitrogen and oxygen atoms in total. The Kier molecular flexibility index (Phi) is 5.45. The second kappa shape index (κ2) is 6.06. The molecule has 86 valence electrons. The van der Waals surface area contributed by atoms with Crippen molar-refractivity contribution in [2.45, 2.75) is 24.4 Å². The Labute approximate surface area is 84.1 Å². The number of rotatable bonds is 7. The molecule has 0 aromatic rings. The molecule has 0 aliphatic carbocycles. The first-order valence-corrected chi connectivity index (χ1v) is 3.87. The number of hydrogen-bond donors (Lipinski definition) is 5. The lowest BCUT2D eigenvalue weighted by molar-refractivity contribution is -0.159. The van der Waals surface area contributed by atoms with Crippen LogP contribution in [0.15, 0.2) is 0 Å². The zero-order valence-corrected chi connectivity index (χ0v) is 7.48. The maximum absolute atomic E-state index is 10.3. The largest absolute Gasteiger partial charge is 0.479 e. The van der Waals surface area contributed by atoms with Crippen molar-refractivity contribution in [2.24, 2.45) is 0 Å². The average molecular weight is 221 g/mol. The van der Waals surface area contributed by atoms with Crippen molar-refractivity contribution in [2.75, 3.05) is 0 Å². The van der Waals surface area contributed by atoms with Gasteiger partial charge in [-0.25, -0.2) is 4.79 Å². The number of amides is 1. The van der Waals surface area contributed by atoms with Gasteiger partial charge in [-0.15, -0.1) is 0 Å². The van der Waals surface area contributed by atoms with E-state index in [4.69, 9.17) is 15.3 Å². The van der Waals surface area contributed by atoms with Gasteiger partial charge in [0, 0.05) is 0 Å². The number of carboxylic acid groups (broad SMARTS) is 1. The molecule has 0 radical (unpaired) electrons. The van der Waals surface area contributed by atoms with Gasteiger partial charge in [-0.3, -0.25) is 4.79 Å². The lowest BCUT2D eigenvalue weighted by Crippen LogP contribution is -2.52. The first kappa shape index (κ1) is 13.5. The molecule has 0 bridgehead atoms. The van der Waals surface area contributed by atoms with Crippen molar-refractivity contribution in [1.82, 2.24) is 5.32 Å². The molecular formula is C7H11NO7. The van der Waals surface area contributed by atoms with Crippen LogP contribution in [0.2, 0.25) is 0 Å². The van der Waals surface area contributed by atoms with E-state index >= 15 is 0 Å². The van der Waals surface area contributed by atoms with Crippen LogP contribution in [0.1, 0.15) is 0 Å². The molecule has 5 N–H and O–H groups in total. The van der Waals surface area contributed by atoms with Crippen molar-refractivity contribution < 1.29 is 34.8 Å². The fraction of sp³-hybridized carbons (Fsp3) is 0.571. The predicted molar refractivity (Wildman–Crippen MR) is 44.7 cm³/mol. The van der Waals surface area contributed by atoms with E-state index in [1.807, 2.05) is 5.32 Å². The molecular weight excluding hydrogens is 210 g/mol.